The van der Waals surface area contributed by atoms with Crippen molar-refractivity contribution in [3.8, 4) is 0 Å². The van der Waals surface area contributed by atoms with Crippen molar-refractivity contribution in [1.29, 1.82) is 0 Å². The zero-order chi connectivity index (χ0) is 19.6. The second kappa shape index (κ2) is 10.9. The third-order valence-electron chi connectivity index (χ3n) is 3.77. The minimum absolute atomic E-state index is 0.0596. The second-order valence-corrected chi connectivity index (χ2v) is 7.74. The summed E-state index contributed by atoms with van der Waals surface area (Å²) in [6.07, 6.45) is 1.90. The molecule has 1 amide bonds. The summed E-state index contributed by atoms with van der Waals surface area (Å²) < 4.78 is 30.9. The van der Waals surface area contributed by atoms with Gasteiger partial charge in [0.05, 0.1) is 11.5 Å². The Bertz CT molecular complexity index is 684. The molecule has 0 aliphatic rings. The number of sulfonamides is 1. The summed E-state index contributed by atoms with van der Waals surface area (Å²) in [5.41, 5.74) is 0.934. The molecule has 0 spiro atoms. The fraction of sp³-hybridized carbons (Fsp3) is 0.556. The van der Waals surface area contributed by atoms with Crippen LogP contribution in [0.25, 0.3) is 0 Å². The Hall–Kier alpha value is -1.93. The van der Waals surface area contributed by atoms with Gasteiger partial charge in [-0.2, -0.15) is 0 Å². The molecule has 0 aliphatic heterocycles. The van der Waals surface area contributed by atoms with E-state index >= 15 is 0 Å². The van der Waals surface area contributed by atoms with Crippen molar-refractivity contribution >= 4 is 21.9 Å². The first-order chi connectivity index (χ1) is 12.3. The average molecular weight is 385 g/mol. The highest BCUT2D eigenvalue weighted by Gasteiger charge is 2.17. The number of benzene rings is 1. The van der Waals surface area contributed by atoms with E-state index in [2.05, 4.69) is 4.72 Å². The number of amides is 1. The van der Waals surface area contributed by atoms with Gasteiger partial charge in [-0.05, 0) is 38.8 Å². The van der Waals surface area contributed by atoms with Gasteiger partial charge in [0.2, 0.25) is 5.91 Å². The molecule has 0 saturated heterocycles. The van der Waals surface area contributed by atoms with Gasteiger partial charge in [0.25, 0.3) is 10.0 Å². The van der Waals surface area contributed by atoms with Crippen molar-refractivity contribution in [2.45, 2.75) is 63.4 Å². The lowest BCUT2D eigenvalue weighted by Crippen LogP contribution is -2.30. The van der Waals surface area contributed by atoms with Crippen LogP contribution in [-0.2, 0) is 24.3 Å². The Morgan fingerprint density at radius 1 is 1.12 bits per heavy atom. The van der Waals surface area contributed by atoms with Crippen molar-refractivity contribution in [2.24, 2.45) is 0 Å². The maximum absolute atomic E-state index is 12.1. The number of hydrogen-bond donors (Lipinski definition) is 2. The molecule has 1 unspecified atom stereocenters. The summed E-state index contributed by atoms with van der Waals surface area (Å²) in [7, 11) is -3.83. The molecule has 0 aliphatic carbocycles. The summed E-state index contributed by atoms with van der Waals surface area (Å²) in [5.74, 6) is -1.16. The number of unbranched alkanes of at least 4 members (excludes halogenated alkanes) is 3. The van der Waals surface area contributed by atoms with Gasteiger partial charge >= 0.3 is 5.97 Å². The molecule has 1 atom stereocenters. The standard InChI is InChI=1S/C18H27NO6S/c1-3-25-18(22)16(20)8-6-4-5-7-9-17(21)19-26(23,24)15-12-10-14(2)11-13-15/h10-13,16,20H,3-9H2,1-2H3,(H,19,21). The van der Waals surface area contributed by atoms with Gasteiger partial charge in [0, 0.05) is 6.42 Å². The Balaban J connectivity index is 2.24. The van der Waals surface area contributed by atoms with Crippen LogP contribution in [0.4, 0.5) is 0 Å². The maximum atomic E-state index is 12.1. The van der Waals surface area contributed by atoms with Crippen LogP contribution in [0, 0.1) is 6.92 Å². The predicted octanol–water partition coefficient (Wildman–Crippen LogP) is 2.06. The molecule has 8 heteroatoms. The largest absolute Gasteiger partial charge is 0.464 e. The fourth-order valence-corrected chi connectivity index (χ4v) is 3.32. The summed E-state index contributed by atoms with van der Waals surface area (Å²) in [6.45, 7) is 3.76. The summed E-state index contributed by atoms with van der Waals surface area (Å²) in [6, 6.07) is 6.26. The Labute approximate surface area is 154 Å². The highest BCUT2D eigenvalue weighted by atomic mass is 32.2. The van der Waals surface area contributed by atoms with Crippen LogP contribution >= 0.6 is 0 Å². The first-order valence-electron chi connectivity index (χ1n) is 8.73. The molecule has 0 bridgehead atoms. The van der Waals surface area contributed by atoms with Crippen LogP contribution in [0.2, 0.25) is 0 Å². The van der Waals surface area contributed by atoms with Crippen LogP contribution in [0.5, 0.6) is 0 Å². The summed E-state index contributed by atoms with van der Waals surface area (Å²) >= 11 is 0. The topological polar surface area (TPSA) is 110 Å². The zero-order valence-electron chi connectivity index (χ0n) is 15.2. The van der Waals surface area contributed by atoms with E-state index in [9.17, 15) is 23.1 Å². The number of ether oxygens (including phenoxy) is 1. The smallest absolute Gasteiger partial charge is 0.334 e. The number of carbonyl (C=O) groups is 2. The third kappa shape index (κ3) is 7.97. The van der Waals surface area contributed by atoms with E-state index in [1.54, 1.807) is 19.1 Å². The number of hydrogen-bond acceptors (Lipinski definition) is 6. The summed E-state index contributed by atoms with van der Waals surface area (Å²) in [4.78, 5) is 23.1. The van der Waals surface area contributed by atoms with Crippen molar-refractivity contribution in [1.82, 2.24) is 4.72 Å². The Morgan fingerprint density at radius 3 is 2.35 bits per heavy atom. The van der Waals surface area contributed by atoms with Crippen LogP contribution in [0.15, 0.2) is 29.2 Å². The van der Waals surface area contributed by atoms with Crippen LogP contribution in [0.1, 0.15) is 51.0 Å². The van der Waals surface area contributed by atoms with Crippen LogP contribution in [-0.4, -0.2) is 38.1 Å². The van der Waals surface area contributed by atoms with Crippen LogP contribution < -0.4 is 4.72 Å². The number of carbonyl (C=O) groups excluding carboxylic acids is 2. The van der Waals surface area contributed by atoms with Gasteiger partial charge in [-0.25, -0.2) is 17.9 Å². The van der Waals surface area contributed by atoms with Crippen molar-refractivity contribution in [3.63, 3.8) is 0 Å². The average Bonchev–Trinajstić information content (AvgIpc) is 2.57. The van der Waals surface area contributed by atoms with Crippen molar-refractivity contribution in [2.75, 3.05) is 6.61 Å². The Morgan fingerprint density at radius 2 is 1.73 bits per heavy atom. The molecule has 7 nitrogen and oxygen atoms in total. The van der Waals surface area contributed by atoms with E-state index < -0.39 is 28.0 Å². The highest BCUT2D eigenvalue weighted by Crippen LogP contribution is 2.11. The monoisotopic (exact) mass is 385 g/mol. The number of aliphatic hydroxyl groups is 1. The summed E-state index contributed by atoms with van der Waals surface area (Å²) in [5, 5.41) is 9.54. The van der Waals surface area contributed by atoms with Crippen LogP contribution in [0.3, 0.4) is 0 Å². The molecule has 1 rings (SSSR count). The lowest BCUT2D eigenvalue weighted by atomic mass is 10.1. The van der Waals surface area contributed by atoms with E-state index in [1.807, 2.05) is 6.92 Å². The molecule has 1 aromatic carbocycles. The highest BCUT2D eigenvalue weighted by molar-refractivity contribution is 7.90. The molecule has 26 heavy (non-hydrogen) atoms. The number of rotatable bonds is 11. The molecule has 2 N–H and O–H groups in total. The number of aryl methyl sites for hydroxylation is 1. The molecule has 0 aromatic heterocycles. The van der Waals surface area contributed by atoms with Crippen molar-refractivity contribution < 1.29 is 27.9 Å². The van der Waals surface area contributed by atoms with Gasteiger partial charge in [-0.3, -0.25) is 4.79 Å². The minimum Gasteiger partial charge on any atom is -0.464 e. The first kappa shape index (κ1) is 22.1. The normalized spacial score (nSPS) is 12.4. The molecule has 0 heterocycles. The third-order valence-corrected chi connectivity index (χ3v) is 5.16. The molecular formula is C18H27NO6S. The number of aliphatic hydroxyl groups excluding tert-OH is 1. The van der Waals surface area contributed by atoms with E-state index in [0.717, 1.165) is 12.0 Å². The van der Waals surface area contributed by atoms with E-state index in [-0.39, 0.29) is 17.9 Å². The van der Waals surface area contributed by atoms with Gasteiger partial charge in [-0.1, -0.05) is 37.0 Å². The van der Waals surface area contributed by atoms with Gasteiger partial charge < -0.3 is 9.84 Å². The number of nitrogens with one attached hydrogen (secondary N) is 1. The predicted molar refractivity (Wildman–Crippen MR) is 96.8 cm³/mol. The minimum atomic E-state index is -3.83. The quantitative estimate of drug-likeness (QED) is 0.446. The number of esters is 1. The lowest BCUT2D eigenvalue weighted by molar-refractivity contribution is -0.153. The molecule has 146 valence electrons. The molecule has 1 aromatic rings. The first-order valence-corrected chi connectivity index (χ1v) is 10.2. The SMILES string of the molecule is CCOC(=O)C(O)CCCCCCC(=O)NS(=O)(=O)c1ccc(C)cc1. The molecule has 0 fully saturated rings. The van der Waals surface area contributed by atoms with Gasteiger partial charge in [-0.15, -0.1) is 0 Å². The lowest BCUT2D eigenvalue weighted by Gasteiger charge is -2.09. The Kier molecular flexibility index (Phi) is 9.29. The van der Waals surface area contributed by atoms with Crippen molar-refractivity contribution in [3.05, 3.63) is 29.8 Å². The van der Waals surface area contributed by atoms with E-state index in [0.29, 0.717) is 25.7 Å². The maximum Gasteiger partial charge on any atom is 0.334 e. The zero-order valence-corrected chi connectivity index (χ0v) is 16.0. The molecule has 0 saturated carbocycles. The van der Waals surface area contributed by atoms with Gasteiger partial charge in [0.15, 0.2) is 6.10 Å². The van der Waals surface area contributed by atoms with E-state index in [1.165, 1.54) is 12.1 Å². The second-order valence-electron chi connectivity index (χ2n) is 6.06. The van der Waals surface area contributed by atoms with Gasteiger partial charge in [0.1, 0.15) is 0 Å². The fourth-order valence-electron chi connectivity index (χ4n) is 2.31. The molecule has 0 radical (unpaired) electrons. The van der Waals surface area contributed by atoms with E-state index in [4.69, 9.17) is 4.74 Å². The molecular weight excluding hydrogens is 358 g/mol.